The molecule has 0 aromatic heterocycles. The van der Waals surface area contributed by atoms with Gasteiger partial charge in [-0.25, -0.2) is 0 Å². The van der Waals surface area contributed by atoms with E-state index >= 15 is 0 Å². The summed E-state index contributed by atoms with van der Waals surface area (Å²) in [5.74, 6) is 0. The second-order valence-corrected chi connectivity index (χ2v) is 16.9. The molecule has 0 atom stereocenters. The maximum atomic E-state index is 2.43. The maximum absolute atomic E-state index is 2.43. The normalized spacial score (nSPS) is 12.5. The highest BCUT2D eigenvalue weighted by Gasteiger charge is 2.35. The second-order valence-electron chi connectivity index (χ2n) is 16.9. The second kappa shape index (κ2) is 15.4. The Balaban J connectivity index is 1.04. The van der Waals surface area contributed by atoms with Gasteiger partial charge in [0, 0.05) is 22.4 Å². The van der Waals surface area contributed by atoms with Crippen LogP contribution in [0.2, 0.25) is 0 Å². The SMILES string of the molecule is CC1(C)c2ccccc2-c2ccc(-c3ccc(N(c4cccc(-c5ccccc5-c5ccccc5)c4)c4ccccc4-c4cccc(-c5cccc6ccccc56)c4)cc3)cc21. The molecule has 0 fully saturated rings. The van der Waals surface area contributed by atoms with E-state index in [-0.39, 0.29) is 5.41 Å². The van der Waals surface area contributed by atoms with Crippen LogP contribution >= 0.6 is 0 Å². The summed E-state index contributed by atoms with van der Waals surface area (Å²) in [5.41, 5.74) is 20.7. The minimum Gasteiger partial charge on any atom is -0.310 e. The Morgan fingerprint density at radius 2 is 0.823 bits per heavy atom. The number of nitrogens with zero attached hydrogens (tertiary/aromatic N) is 1. The Hall–Kier alpha value is -7.74. The number of anilines is 3. The van der Waals surface area contributed by atoms with Crippen LogP contribution < -0.4 is 4.90 Å². The first-order chi connectivity index (χ1) is 30.5. The molecule has 0 bridgehead atoms. The number of benzene rings is 10. The van der Waals surface area contributed by atoms with E-state index in [1.54, 1.807) is 0 Å². The molecular weight excluding hydrogens is 747 g/mol. The van der Waals surface area contributed by atoms with Crippen LogP contribution in [0.3, 0.4) is 0 Å². The van der Waals surface area contributed by atoms with E-state index in [0.29, 0.717) is 0 Å². The Bertz CT molecular complexity index is 3260. The molecule has 294 valence electrons. The molecular formula is C61H45N. The Kier molecular flexibility index (Phi) is 9.24. The maximum Gasteiger partial charge on any atom is 0.0540 e. The van der Waals surface area contributed by atoms with Crippen molar-refractivity contribution < 1.29 is 0 Å². The lowest BCUT2D eigenvalue weighted by atomic mass is 9.81. The summed E-state index contributed by atoms with van der Waals surface area (Å²) in [7, 11) is 0. The van der Waals surface area contributed by atoms with Crippen molar-refractivity contribution in [2.24, 2.45) is 0 Å². The van der Waals surface area contributed by atoms with Gasteiger partial charge in [-0.2, -0.15) is 0 Å². The predicted octanol–water partition coefficient (Wildman–Crippen LogP) is 17.0. The topological polar surface area (TPSA) is 3.24 Å². The van der Waals surface area contributed by atoms with E-state index < -0.39 is 0 Å². The van der Waals surface area contributed by atoms with Gasteiger partial charge >= 0.3 is 0 Å². The van der Waals surface area contributed by atoms with Crippen molar-refractivity contribution in [3.63, 3.8) is 0 Å². The highest BCUT2D eigenvalue weighted by Crippen LogP contribution is 2.50. The molecule has 0 unspecified atom stereocenters. The molecule has 0 saturated carbocycles. The largest absolute Gasteiger partial charge is 0.310 e. The van der Waals surface area contributed by atoms with Gasteiger partial charge in [0.15, 0.2) is 0 Å². The standard InChI is InChI=1S/C61H45N/c1-61(2)58-31-12-10-29-56(58)57-38-35-45(41-59(57)61)42-33-36-49(37-34-42)62(50-24-15-23-48(40-50)53-27-9-8-26-51(53)43-17-4-3-5-18-43)60-32-13-11-28-55(60)47-22-14-21-46(39-47)54-30-16-20-44-19-6-7-25-52(44)54/h3-41H,1-2H3. The van der Waals surface area contributed by atoms with Crippen molar-refractivity contribution in [1.82, 2.24) is 0 Å². The van der Waals surface area contributed by atoms with E-state index in [9.17, 15) is 0 Å². The zero-order valence-electron chi connectivity index (χ0n) is 35.0. The van der Waals surface area contributed by atoms with Crippen LogP contribution in [0.5, 0.6) is 0 Å². The number of fused-ring (bicyclic) bond motifs is 4. The van der Waals surface area contributed by atoms with Crippen molar-refractivity contribution in [1.29, 1.82) is 0 Å². The van der Waals surface area contributed by atoms with Gasteiger partial charge < -0.3 is 4.90 Å². The average Bonchev–Trinajstić information content (AvgIpc) is 3.57. The molecule has 0 spiro atoms. The summed E-state index contributed by atoms with van der Waals surface area (Å²) in [6.45, 7) is 4.70. The third-order valence-corrected chi connectivity index (χ3v) is 12.9. The van der Waals surface area contributed by atoms with Crippen molar-refractivity contribution in [3.05, 3.63) is 248 Å². The minimum atomic E-state index is -0.0581. The number of para-hydroxylation sites is 1. The van der Waals surface area contributed by atoms with Crippen LogP contribution in [-0.2, 0) is 5.41 Å². The number of hydrogen-bond donors (Lipinski definition) is 0. The van der Waals surface area contributed by atoms with Crippen LogP contribution in [0.4, 0.5) is 17.1 Å². The first-order valence-electron chi connectivity index (χ1n) is 21.6. The molecule has 0 N–H and O–H groups in total. The molecule has 0 saturated heterocycles. The first kappa shape index (κ1) is 37.3. The third kappa shape index (κ3) is 6.51. The summed E-state index contributed by atoms with van der Waals surface area (Å²) in [6, 6.07) is 86.6. The van der Waals surface area contributed by atoms with Crippen LogP contribution in [-0.4, -0.2) is 0 Å². The van der Waals surface area contributed by atoms with Crippen LogP contribution in [0.25, 0.3) is 77.5 Å². The van der Waals surface area contributed by atoms with Crippen LogP contribution in [0.1, 0.15) is 25.0 Å². The fraction of sp³-hybridized carbons (Fsp3) is 0.0492. The molecule has 11 rings (SSSR count). The molecule has 0 radical (unpaired) electrons. The lowest BCUT2D eigenvalue weighted by Crippen LogP contribution is -2.14. The van der Waals surface area contributed by atoms with Gasteiger partial charge in [-0.05, 0) is 126 Å². The lowest BCUT2D eigenvalue weighted by molar-refractivity contribution is 0.660. The number of rotatable bonds is 8. The van der Waals surface area contributed by atoms with Gasteiger partial charge in [-0.1, -0.05) is 208 Å². The molecule has 62 heavy (non-hydrogen) atoms. The summed E-state index contributed by atoms with van der Waals surface area (Å²) in [6.07, 6.45) is 0. The summed E-state index contributed by atoms with van der Waals surface area (Å²) in [5, 5.41) is 2.50. The van der Waals surface area contributed by atoms with Gasteiger partial charge in [-0.15, -0.1) is 0 Å². The molecule has 1 heteroatoms. The van der Waals surface area contributed by atoms with E-state index in [4.69, 9.17) is 0 Å². The molecule has 0 aliphatic heterocycles. The van der Waals surface area contributed by atoms with E-state index in [1.807, 2.05) is 0 Å². The van der Waals surface area contributed by atoms with Crippen LogP contribution in [0, 0.1) is 0 Å². The smallest absolute Gasteiger partial charge is 0.0540 e. The highest BCUT2D eigenvalue weighted by atomic mass is 15.1. The van der Waals surface area contributed by atoms with E-state index in [1.165, 1.54) is 83.1 Å². The molecule has 0 amide bonds. The zero-order chi connectivity index (χ0) is 41.6. The molecule has 0 heterocycles. The minimum absolute atomic E-state index is 0.0581. The summed E-state index contributed by atoms with van der Waals surface area (Å²) >= 11 is 0. The summed E-state index contributed by atoms with van der Waals surface area (Å²) < 4.78 is 0. The predicted molar refractivity (Wildman–Crippen MR) is 263 cm³/mol. The van der Waals surface area contributed by atoms with Gasteiger partial charge in [0.25, 0.3) is 0 Å². The third-order valence-electron chi connectivity index (χ3n) is 12.9. The molecule has 1 nitrogen and oxygen atoms in total. The molecule has 1 aliphatic carbocycles. The highest BCUT2D eigenvalue weighted by molar-refractivity contribution is 5.98. The van der Waals surface area contributed by atoms with Crippen molar-refractivity contribution in [3.8, 4) is 66.8 Å². The fourth-order valence-corrected chi connectivity index (χ4v) is 9.77. The zero-order valence-corrected chi connectivity index (χ0v) is 35.0. The lowest BCUT2D eigenvalue weighted by Gasteiger charge is -2.29. The number of hydrogen-bond acceptors (Lipinski definition) is 1. The Morgan fingerprint density at radius 3 is 1.63 bits per heavy atom. The average molecular weight is 792 g/mol. The van der Waals surface area contributed by atoms with Crippen molar-refractivity contribution in [2.45, 2.75) is 19.3 Å². The van der Waals surface area contributed by atoms with Gasteiger partial charge in [0.1, 0.15) is 0 Å². The van der Waals surface area contributed by atoms with Gasteiger partial charge in [0.05, 0.1) is 5.69 Å². The molecule has 1 aliphatic rings. The van der Waals surface area contributed by atoms with Crippen LogP contribution in [0.15, 0.2) is 237 Å². The fourth-order valence-electron chi connectivity index (χ4n) is 9.77. The Morgan fingerprint density at radius 1 is 0.290 bits per heavy atom. The molecule has 10 aromatic carbocycles. The van der Waals surface area contributed by atoms with Gasteiger partial charge in [0.2, 0.25) is 0 Å². The van der Waals surface area contributed by atoms with Gasteiger partial charge in [-0.3, -0.25) is 0 Å². The van der Waals surface area contributed by atoms with Crippen molar-refractivity contribution in [2.75, 3.05) is 4.90 Å². The van der Waals surface area contributed by atoms with E-state index in [0.717, 1.165) is 22.6 Å². The quantitative estimate of drug-likeness (QED) is 0.148. The van der Waals surface area contributed by atoms with Crippen molar-refractivity contribution >= 4 is 27.8 Å². The molecule has 10 aromatic rings. The Labute approximate surface area is 364 Å². The van der Waals surface area contributed by atoms with E-state index in [2.05, 4.69) is 255 Å². The summed E-state index contributed by atoms with van der Waals surface area (Å²) in [4.78, 5) is 2.43. The first-order valence-corrected chi connectivity index (χ1v) is 21.6. The monoisotopic (exact) mass is 791 g/mol.